The number of amides is 1. The number of carbonyl (C=O) groups is 1. The summed E-state index contributed by atoms with van der Waals surface area (Å²) in [6, 6.07) is 3.44. The lowest BCUT2D eigenvalue weighted by Crippen LogP contribution is -2.26. The summed E-state index contributed by atoms with van der Waals surface area (Å²) in [5.74, 6) is 0.947. The van der Waals surface area contributed by atoms with E-state index in [-0.39, 0.29) is 18.3 Å². The van der Waals surface area contributed by atoms with Crippen LogP contribution in [0.1, 0.15) is 0 Å². The Labute approximate surface area is 137 Å². The zero-order valence-electron chi connectivity index (χ0n) is 13.4. The van der Waals surface area contributed by atoms with Crippen LogP contribution in [-0.2, 0) is 11.3 Å². The highest BCUT2D eigenvalue weighted by molar-refractivity contribution is 5.75. The van der Waals surface area contributed by atoms with Crippen LogP contribution in [0.25, 0.3) is 23.0 Å². The monoisotopic (exact) mass is 329 g/mol. The second kappa shape index (κ2) is 6.44. The average Bonchev–Trinajstić information content (AvgIpc) is 3.23. The van der Waals surface area contributed by atoms with E-state index in [1.165, 1.54) is 16.7 Å². The van der Waals surface area contributed by atoms with Gasteiger partial charge in [0.1, 0.15) is 6.54 Å². The van der Waals surface area contributed by atoms with Crippen LogP contribution in [0, 0.1) is 0 Å². The lowest BCUT2D eigenvalue weighted by molar-refractivity contribution is -0.129. The summed E-state index contributed by atoms with van der Waals surface area (Å²) in [5, 5.41) is 11.7. The van der Waals surface area contributed by atoms with Gasteiger partial charge in [-0.15, -0.1) is 5.10 Å². The highest BCUT2D eigenvalue weighted by Gasteiger charge is 2.15. The smallest absolute Gasteiger partial charge is 0.280 e. The van der Waals surface area contributed by atoms with E-state index in [0.29, 0.717) is 23.0 Å². The Morgan fingerprint density at radius 1 is 1.42 bits per heavy atom. The molecule has 3 aromatic heterocycles. The summed E-state index contributed by atoms with van der Waals surface area (Å²) < 4.78 is 11.7. The normalized spacial score (nSPS) is 10.6. The molecule has 0 spiro atoms. The predicted octanol–water partition coefficient (Wildman–Crippen LogP) is 0.487. The fourth-order valence-corrected chi connectivity index (χ4v) is 1.86. The fourth-order valence-electron chi connectivity index (χ4n) is 1.86. The van der Waals surface area contributed by atoms with E-state index in [4.69, 9.17) is 9.26 Å². The molecule has 10 nitrogen and oxygen atoms in total. The Morgan fingerprint density at radius 2 is 2.25 bits per heavy atom. The minimum Gasteiger partial charge on any atom is -0.481 e. The first kappa shape index (κ1) is 15.6. The number of aromatic nitrogens is 6. The molecule has 124 valence electrons. The molecule has 3 heterocycles. The van der Waals surface area contributed by atoms with Crippen LogP contribution in [0.3, 0.4) is 0 Å². The number of likely N-dealkylation sites (N-methyl/N-ethyl adjacent to an activating group) is 1. The van der Waals surface area contributed by atoms with Crippen LogP contribution in [-0.4, -0.2) is 62.1 Å². The minimum atomic E-state index is -0.0958. The number of hydrogen-bond acceptors (Lipinski definition) is 8. The van der Waals surface area contributed by atoms with Crippen molar-refractivity contribution in [3.63, 3.8) is 0 Å². The van der Waals surface area contributed by atoms with Crippen molar-refractivity contribution in [2.45, 2.75) is 6.54 Å². The second-order valence-corrected chi connectivity index (χ2v) is 5.10. The Kier molecular flexibility index (Phi) is 4.18. The quantitative estimate of drug-likeness (QED) is 0.664. The van der Waals surface area contributed by atoms with Crippen LogP contribution in [0.2, 0.25) is 0 Å². The van der Waals surface area contributed by atoms with Gasteiger partial charge in [-0.1, -0.05) is 10.4 Å². The molecule has 0 radical (unpaired) electrons. The van der Waals surface area contributed by atoms with Crippen molar-refractivity contribution in [1.29, 1.82) is 0 Å². The van der Waals surface area contributed by atoms with Gasteiger partial charge in [0, 0.05) is 31.9 Å². The number of hydrogen-bond donors (Lipinski definition) is 0. The maximum atomic E-state index is 11.7. The van der Waals surface area contributed by atoms with Crippen molar-refractivity contribution in [3.8, 4) is 28.9 Å². The third-order valence-corrected chi connectivity index (χ3v) is 3.18. The Morgan fingerprint density at radius 3 is 3.00 bits per heavy atom. The zero-order chi connectivity index (χ0) is 17.1. The van der Waals surface area contributed by atoms with Crippen LogP contribution in [0.15, 0.2) is 29.0 Å². The maximum absolute atomic E-state index is 11.7. The Balaban J connectivity index is 1.80. The molecule has 0 aliphatic rings. The van der Waals surface area contributed by atoms with E-state index >= 15 is 0 Å². The van der Waals surface area contributed by atoms with Crippen LogP contribution < -0.4 is 4.74 Å². The van der Waals surface area contributed by atoms with Crippen molar-refractivity contribution in [1.82, 2.24) is 35.0 Å². The summed E-state index contributed by atoms with van der Waals surface area (Å²) in [7, 11) is 4.88. The summed E-state index contributed by atoms with van der Waals surface area (Å²) in [5.41, 5.74) is 1.09. The average molecular weight is 329 g/mol. The number of pyridine rings is 1. The van der Waals surface area contributed by atoms with Gasteiger partial charge in [-0.3, -0.25) is 4.79 Å². The first-order chi connectivity index (χ1) is 11.6. The molecule has 0 N–H and O–H groups in total. The Hall–Kier alpha value is -3.30. The van der Waals surface area contributed by atoms with Gasteiger partial charge in [-0.05, 0) is 6.07 Å². The van der Waals surface area contributed by atoms with E-state index in [2.05, 4.69) is 25.4 Å². The summed E-state index contributed by atoms with van der Waals surface area (Å²) >= 11 is 0. The number of methoxy groups -OCH3 is 1. The Bertz CT molecular complexity index is 855. The van der Waals surface area contributed by atoms with Gasteiger partial charge < -0.3 is 14.2 Å². The molecule has 0 aromatic carbocycles. The highest BCUT2D eigenvalue weighted by Crippen LogP contribution is 2.22. The van der Waals surface area contributed by atoms with E-state index in [9.17, 15) is 4.79 Å². The van der Waals surface area contributed by atoms with E-state index in [1.54, 1.807) is 38.6 Å². The molecule has 0 atom stereocenters. The molecule has 3 rings (SSSR count). The van der Waals surface area contributed by atoms with Crippen molar-refractivity contribution >= 4 is 5.91 Å². The molecule has 0 aliphatic carbocycles. The van der Waals surface area contributed by atoms with Gasteiger partial charge in [-0.25, -0.2) is 9.67 Å². The first-order valence-corrected chi connectivity index (χ1v) is 7.01. The van der Waals surface area contributed by atoms with Crippen molar-refractivity contribution in [3.05, 3.63) is 24.5 Å². The molecule has 0 bridgehead atoms. The van der Waals surface area contributed by atoms with Crippen LogP contribution in [0.5, 0.6) is 5.88 Å². The SMILES string of the molecule is COc1cc(-c2noc(-c3cn(CC(=O)N(C)C)nn3)n2)ccn1. The van der Waals surface area contributed by atoms with Gasteiger partial charge in [0.15, 0.2) is 5.69 Å². The lowest BCUT2D eigenvalue weighted by atomic mass is 10.2. The minimum absolute atomic E-state index is 0.0859. The molecule has 1 amide bonds. The molecule has 10 heteroatoms. The first-order valence-electron chi connectivity index (χ1n) is 7.01. The van der Waals surface area contributed by atoms with Gasteiger partial charge in [0.25, 0.3) is 5.89 Å². The van der Waals surface area contributed by atoms with Crippen LogP contribution in [0.4, 0.5) is 0 Å². The number of ether oxygens (including phenoxy) is 1. The molecule has 0 fully saturated rings. The largest absolute Gasteiger partial charge is 0.481 e. The summed E-state index contributed by atoms with van der Waals surface area (Å²) in [6.45, 7) is 0.0859. The van der Waals surface area contributed by atoms with E-state index in [1.807, 2.05) is 0 Å². The third-order valence-electron chi connectivity index (χ3n) is 3.18. The molecular formula is C14H15N7O3. The third kappa shape index (κ3) is 3.21. The van der Waals surface area contributed by atoms with E-state index < -0.39 is 0 Å². The molecule has 24 heavy (non-hydrogen) atoms. The molecule has 0 saturated heterocycles. The molecule has 0 unspecified atom stereocenters. The second-order valence-electron chi connectivity index (χ2n) is 5.10. The van der Waals surface area contributed by atoms with E-state index in [0.717, 1.165) is 0 Å². The molecule has 0 saturated carbocycles. The molecule has 0 aliphatic heterocycles. The van der Waals surface area contributed by atoms with Gasteiger partial charge in [0.2, 0.25) is 17.6 Å². The van der Waals surface area contributed by atoms with Crippen molar-refractivity contribution < 1.29 is 14.1 Å². The topological polar surface area (TPSA) is 112 Å². The van der Waals surface area contributed by atoms with Crippen LogP contribution >= 0.6 is 0 Å². The standard InChI is InChI=1S/C14H15N7O3/c1-20(2)12(22)8-21-7-10(17-19-21)14-16-13(18-24-14)9-4-5-15-11(6-9)23-3/h4-7H,8H2,1-3H3. The predicted molar refractivity (Wildman–Crippen MR) is 81.8 cm³/mol. The highest BCUT2D eigenvalue weighted by atomic mass is 16.5. The maximum Gasteiger partial charge on any atom is 0.280 e. The number of rotatable bonds is 5. The molecule has 3 aromatic rings. The number of carbonyl (C=O) groups excluding carboxylic acids is 1. The van der Waals surface area contributed by atoms with Gasteiger partial charge in [-0.2, -0.15) is 4.98 Å². The zero-order valence-corrected chi connectivity index (χ0v) is 13.4. The molecular weight excluding hydrogens is 314 g/mol. The van der Waals surface area contributed by atoms with Crippen molar-refractivity contribution in [2.24, 2.45) is 0 Å². The fraction of sp³-hybridized carbons (Fsp3) is 0.286. The van der Waals surface area contributed by atoms with Gasteiger partial charge >= 0.3 is 0 Å². The van der Waals surface area contributed by atoms with Gasteiger partial charge in [0.05, 0.1) is 13.3 Å². The lowest BCUT2D eigenvalue weighted by Gasteiger charge is -2.08. The summed E-state index contributed by atoms with van der Waals surface area (Å²) in [4.78, 5) is 21.5. The van der Waals surface area contributed by atoms with Crippen molar-refractivity contribution in [2.75, 3.05) is 21.2 Å². The summed E-state index contributed by atoms with van der Waals surface area (Å²) in [6.07, 6.45) is 3.17. The number of nitrogens with zero attached hydrogens (tertiary/aromatic N) is 7.